The van der Waals surface area contributed by atoms with Crippen molar-refractivity contribution >= 4 is 50.7 Å². The highest BCUT2D eigenvalue weighted by atomic mass is 35.5. The predicted octanol–water partition coefficient (Wildman–Crippen LogP) is 4.65. The molecule has 0 aromatic heterocycles. The van der Waals surface area contributed by atoms with Crippen LogP contribution in [0, 0.1) is 0 Å². The van der Waals surface area contributed by atoms with Gasteiger partial charge in [-0.15, -0.1) is 0 Å². The maximum atomic E-state index is 13.6. The summed E-state index contributed by atoms with van der Waals surface area (Å²) in [5, 5.41) is 3.66. The van der Waals surface area contributed by atoms with Gasteiger partial charge < -0.3 is 10.2 Å². The minimum atomic E-state index is -3.80. The Labute approximate surface area is 218 Å². The summed E-state index contributed by atoms with van der Waals surface area (Å²) in [6, 6.07) is 11.0. The van der Waals surface area contributed by atoms with Crippen molar-refractivity contribution in [2.45, 2.75) is 59.2 Å². The highest BCUT2D eigenvalue weighted by Gasteiger charge is 2.32. The maximum Gasteiger partial charge on any atom is 0.244 e. The number of anilines is 1. The van der Waals surface area contributed by atoms with Crippen LogP contribution >= 0.6 is 23.2 Å². The molecule has 10 heteroatoms. The van der Waals surface area contributed by atoms with E-state index in [2.05, 4.69) is 5.32 Å². The van der Waals surface area contributed by atoms with Gasteiger partial charge in [0.25, 0.3) is 0 Å². The average Bonchev–Trinajstić information content (AvgIpc) is 2.74. The fourth-order valence-corrected chi connectivity index (χ4v) is 4.89. The molecule has 192 valence electrons. The van der Waals surface area contributed by atoms with Crippen molar-refractivity contribution in [3.8, 4) is 0 Å². The lowest BCUT2D eigenvalue weighted by Crippen LogP contribution is -2.54. The first-order valence-corrected chi connectivity index (χ1v) is 13.9. The van der Waals surface area contributed by atoms with E-state index in [1.165, 1.54) is 4.90 Å². The zero-order chi connectivity index (χ0) is 26.6. The van der Waals surface area contributed by atoms with Crippen LogP contribution in [0.2, 0.25) is 10.0 Å². The number of aryl methyl sites for hydroxylation is 1. The van der Waals surface area contributed by atoms with Crippen LogP contribution in [0.4, 0.5) is 5.69 Å². The molecule has 0 radical (unpaired) electrons. The maximum absolute atomic E-state index is 13.6. The van der Waals surface area contributed by atoms with E-state index >= 15 is 0 Å². The number of benzene rings is 2. The molecule has 0 fully saturated rings. The van der Waals surface area contributed by atoms with Crippen molar-refractivity contribution in [1.29, 1.82) is 0 Å². The second kappa shape index (κ2) is 11.6. The molecular weight excluding hydrogens is 509 g/mol. The quantitative estimate of drug-likeness (QED) is 0.500. The van der Waals surface area contributed by atoms with Gasteiger partial charge in [0.05, 0.1) is 11.9 Å². The average molecular weight is 543 g/mol. The number of carbonyl (C=O) groups is 2. The number of rotatable bonds is 9. The number of hydrogen-bond acceptors (Lipinski definition) is 4. The molecule has 0 spiro atoms. The summed E-state index contributed by atoms with van der Waals surface area (Å²) in [6.07, 6.45) is 1.65. The third-order valence-corrected chi connectivity index (χ3v) is 7.06. The number of nitrogens with zero attached hydrogens (tertiary/aromatic N) is 2. The molecule has 0 aliphatic carbocycles. The van der Waals surface area contributed by atoms with E-state index in [1.54, 1.807) is 37.3 Å². The third kappa shape index (κ3) is 8.12. The lowest BCUT2D eigenvalue weighted by molar-refractivity contribution is -0.140. The van der Waals surface area contributed by atoms with Gasteiger partial charge in [0.1, 0.15) is 12.6 Å². The van der Waals surface area contributed by atoms with Crippen molar-refractivity contribution in [3.05, 3.63) is 63.6 Å². The van der Waals surface area contributed by atoms with Crippen LogP contribution in [-0.4, -0.2) is 49.5 Å². The van der Waals surface area contributed by atoms with E-state index < -0.39 is 34.1 Å². The van der Waals surface area contributed by atoms with Crippen LogP contribution in [0.25, 0.3) is 0 Å². The summed E-state index contributed by atoms with van der Waals surface area (Å²) >= 11 is 12.4. The van der Waals surface area contributed by atoms with Gasteiger partial charge in [0.2, 0.25) is 21.8 Å². The number of carbonyl (C=O) groups excluding carboxylic acids is 2. The topological polar surface area (TPSA) is 86.8 Å². The first-order valence-electron chi connectivity index (χ1n) is 11.2. The third-order valence-electron chi connectivity index (χ3n) is 5.34. The Morgan fingerprint density at radius 2 is 1.69 bits per heavy atom. The number of sulfonamides is 1. The molecule has 0 saturated heterocycles. The molecule has 0 aliphatic heterocycles. The molecular formula is C25H33Cl2N3O4S. The Morgan fingerprint density at radius 1 is 1.06 bits per heavy atom. The van der Waals surface area contributed by atoms with Crippen molar-refractivity contribution in [3.63, 3.8) is 0 Å². The molecule has 0 bridgehead atoms. The van der Waals surface area contributed by atoms with Crippen molar-refractivity contribution in [1.82, 2.24) is 10.2 Å². The standard InChI is InChI=1S/C25H33Cl2N3O4S/c1-7-18-10-8-9-11-22(18)30(35(6,33)34)16-23(31)29(17(2)24(32)28-25(3,4)5)15-19-12-13-20(26)14-21(19)27/h8-14,17H,7,15-16H2,1-6H3,(H,28,32). The number of amides is 2. The first kappa shape index (κ1) is 28.9. The molecule has 0 aliphatic rings. The normalized spacial score (nSPS) is 12.7. The van der Waals surface area contributed by atoms with Gasteiger partial charge >= 0.3 is 0 Å². The van der Waals surface area contributed by atoms with Crippen LogP contribution in [0.5, 0.6) is 0 Å². The Kier molecular flexibility index (Phi) is 9.62. The van der Waals surface area contributed by atoms with E-state index in [0.717, 1.165) is 16.1 Å². The number of nitrogens with one attached hydrogen (secondary N) is 1. The minimum absolute atomic E-state index is 0.000587. The summed E-state index contributed by atoms with van der Waals surface area (Å²) in [7, 11) is -3.80. The van der Waals surface area contributed by atoms with Gasteiger partial charge in [-0.3, -0.25) is 13.9 Å². The molecule has 2 aromatic carbocycles. The Balaban J connectivity index is 2.48. The van der Waals surface area contributed by atoms with Crippen LogP contribution in [-0.2, 0) is 32.6 Å². The molecule has 0 heterocycles. The van der Waals surface area contributed by atoms with Crippen molar-refractivity contribution in [2.24, 2.45) is 0 Å². The Morgan fingerprint density at radius 3 is 2.23 bits per heavy atom. The van der Waals surface area contributed by atoms with E-state index in [0.29, 0.717) is 27.7 Å². The van der Waals surface area contributed by atoms with Crippen LogP contribution < -0.4 is 9.62 Å². The second-order valence-corrected chi connectivity index (χ2v) is 12.2. The highest BCUT2D eigenvalue weighted by molar-refractivity contribution is 7.92. The summed E-state index contributed by atoms with van der Waals surface area (Å²) in [5.74, 6) is -0.903. The molecule has 0 saturated carbocycles. The minimum Gasteiger partial charge on any atom is -0.350 e. The SMILES string of the molecule is CCc1ccccc1N(CC(=O)N(Cc1ccc(Cl)cc1Cl)C(C)C(=O)NC(C)(C)C)S(C)(=O)=O. The van der Waals surface area contributed by atoms with Gasteiger partial charge in [-0.2, -0.15) is 0 Å². The van der Waals surface area contributed by atoms with E-state index in [4.69, 9.17) is 23.2 Å². The van der Waals surface area contributed by atoms with Gasteiger partial charge in [0.15, 0.2) is 0 Å². The zero-order valence-corrected chi connectivity index (χ0v) is 23.3. The Hall–Kier alpha value is -2.29. The fraction of sp³-hybridized carbons (Fsp3) is 0.440. The molecule has 1 unspecified atom stereocenters. The van der Waals surface area contributed by atoms with Gasteiger partial charge in [-0.1, -0.05) is 54.4 Å². The largest absolute Gasteiger partial charge is 0.350 e. The van der Waals surface area contributed by atoms with E-state index in [-0.39, 0.29) is 12.5 Å². The lowest BCUT2D eigenvalue weighted by Gasteiger charge is -2.33. The lowest BCUT2D eigenvalue weighted by atomic mass is 10.1. The smallest absolute Gasteiger partial charge is 0.244 e. The number of para-hydroxylation sites is 1. The first-order chi connectivity index (χ1) is 16.1. The Bertz CT molecular complexity index is 1180. The monoisotopic (exact) mass is 541 g/mol. The summed E-state index contributed by atoms with van der Waals surface area (Å²) < 4.78 is 26.6. The zero-order valence-electron chi connectivity index (χ0n) is 20.9. The molecule has 1 N–H and O–H groups in total. The molecule has 35 heavy (non-hydrogen) atoms. The van der Waals surface area contributed by atoms with Crippen LogP contribution in [0.3, 0.4) is 0 Å². The van der Waals surface area contributed by atoms with Crippen molar-refractivity contribution < 1.29 is 18.0 Å². The number of halogens is 2. The molecule has 7 nitrogen and oxygen atoms in total. The fourth-order valence-electron chi connectivity index (χ4n) is 3.54. The van der Waals surface area contributed by atoms with Gasteiger partial charge in [0, 0.05) is 22.1 Å². The van der Waals surface area contributed by atoms with Crippen molar-refractivity contribution in [2.75, 3.05) is 17.1 Å². The molecule has 2 amide bonds. The highest BCUT2D eigenvalue weighted by Crippen LogP contribution is 2.26. The van der Waals surface area contributed by atoms with Gasteiger partial charge in [-0.25, -0.2) is 8.42 Å². The molecule has 2 rings (SSSR count). The summed E-state index contributed by atoms with van der Waals surface area (Å²) in [5.41, 5.74) is 1.29. The molecule has 1 atom stereocenters. The van der Waals surface area contributed by atoms with E-state index in [1.807, 2.05) is 39.8 Å². The summed E-state index contributed by atoms with van der Waals surface area (Å²) in [4.78, 5) is 28.0. The van der Waals surface area contributed by atoms with E-state index in [9.17, 15) is 18.0 Å². The summed E-state index contributed by atoms with van der Waals surface area (Å²) in [6.45, 7) is 8.57. The second-order valence-electron chi connectivity index (χ2n) is 9.42. The molecule has 2 aromatic rings. The van der Waals surface area contributed by atoms with Crippen LogP contribution in [0.1, 0.15) is 45.7 Å². The number of hydrogen-bond donors (Lipinski definition) is 1. The van der Waals surface area contributed by atoms with Gasteiger partial charge in [-0.05, 0) is 63.4 Å². The predicted molar refractivity (Wildman–Crippen MR) is 142 cm³/mol. The van der Waals surface area contributed by atoms with Crippen LogP contribution in [0.15, 0.2) is 42.5 Å².